The van der Waals surface area contributed by atoms with Crippen LogP contribution in [-0.2, 0) is 11.2 Å². The van der Waals surface area contributed by atoms with Crippen molar-refractivity contribution < 1.29 is 9.84 Å². The van der Waals surface area contributed by atoms with Gasteiger partial charge in [0.05, 0.1) is 0 Å². The second-order valence-corrected chi connectivity index (χ2v) is 4.91. The van der Waals surface area contributed by atoms with Crippen molar-refractivity contribution in [3.8, 4) is 0 Å². The highest BCUT2D eigenvalue weighted by atomic mass is 32.1. The first-order valence-corrected chi connectivity index (χ1v) is 6.43. The summed E-state index contributed by atoms with van der Waals surface area (Å²) in [5, 5.41) is 11.6. The second-order valence-electron chi connectivity index (χ2n) is 3.88. The summed E-state index contributed by atoms with van der Waals surface area (Å²) in [7, 11) is 0. The Balaban J connectivity index is 2.08. The van der Waals surface area contributed by atoms with Gasteiger partial charge in [-0.05, 0) is 30.4 Å². The van der Waals surface area contributed by atoms with E-state index in [0.717, 1.165) is 18.6 Å². The number of thiophene rings is 1. The summed E-state index contributed by atoms with van der Waals surface area (Å²) in [6, 6.07) is 4.21. The smallest absolute Gasteiger partial charge is 0.118 e. The molecule has 0 bridgehead atoms. The van der Waals surface area contributed by atoms with E-state index in [-0.39, 0.29) is 0 Å². The van der Waals surface area contributed by atoms with Gasteiger partial charge in [-0.1, -0.05) is 13.0 Å². The summed E-state index contributed by atoms with van der Waals surface area (Å²) >= 11 is 1.77. The molecule has 3 heteroatoms. The highest BCUT2D eigenvalue weighted by molar-refractivity contribution is 7.09. The van der Waals surface area contributed by atoms with E-state index >= 15 is 0 Å². The lowest BCUT2D eigenvalue weighted by atomic mass is 9.97. The Bertz CT molecular complexity index is 390. The van der Waals surface area contributed by atoms with E-state index in [1.807, 2.05) is 0 Å². The molecule has 1 aliphatic heterocycles. The van der Waals surface area contributed by atoms with Crippen LogP contribution in [0.25, 0.3) is 0 Å². The van der Waals surface area contributed by atoms with E-state index in [9.17, 15) is 5.11 Å². The average Bonchev–Trinajstić information content (AvgIpc) is 2.78. The molecule has 0 radical (unpaired) electrons. The van der Waals surface area contributed by atoms with Crippen molar-refractivity contribution in [2.45, 2.75) is 19.8 Å². The van der Waals surface area contributed by atoms with Crippen molar-refractivity contribution in [3.05, 3.63) is 46.1 Å². The molecule has 0 aromatic carbocycles. The van der Waals surface area contributed by atoms with Crippen LogP contribution in [0.4, 0.5) is 0 Å². The van der Waals surface area contributed by atoms with E-state index in [2.05, 4.69) is 24.4 Å². The van der Waals surface area contributed by atoms with Crippen LogP contribution < -0.4 is 0 Å². The minimum absolute atomic E-state index is 0.325. The molecule has 1 aromatic heterocycles. The number of hydrogen-bond acceptors (Lipinski definition) is 3. The fraction of sp³-hybridized carbons (Fsp3) is 0.385. The molecular weight excluding hydrogens is 220 g/mol. The molecule has 1 aliphatic rings. The van der Waals surface area contributed by atoms with E-state index in [1.54, 1.807) is 23.5 Å². The van der Waals surface area contributed by atoms with Crippen LogP contribution in [0.15, 0.2) is 41.2 Å². The van der Waals surface area contributed by atoms with Crippen molar-refractivity contribution in [1.82, 2.24) is 0 Å². The number of ether oxygens (including phenoxy) is 1. The van der Waals surface area contributed by atoms with E-state index in [1.165, 1.54) is 4.88 Å². The molecule has 1 unspecified atom stereocenters. The van der Waals surface area contributed by atoms with Gasteiger partial charge in [0.2, 0.25) is 0 Å². The van der Waals surface area contributed by atoms with Crippen molar-refractivity contribution in [3.63, 3.8) is 0 Å². The molecule has 16 heavy (non-hydrogen) atoms. The van der Waals surface area contributed by atoms with Crippen LogP contribution in [0.5, 0.6) is 0 Å². The Morgan fingerprint density at radius 3 is 3.06 bits per heavy atom. The molecule has 1 N–H and O–H groups in total. The zero-order valence-electron chi connectivity index (χ0n) is 9.35. The normalized spacial score (nSPS) is 17.3. The number of aliphatic hydroxyl groups is 1. The number of allylic oxidation sites excluding steroid dienone is 2. The predicted molar refractivity (Wildman–Crippen MR) is 66.6 cm³/mol. The van der Waals surface area contributed by atoms with Crippen LogP contribution in [0.3, 0.4) is 0 Å². The van der Waals surface area contributed by atoms with Crippen molar-refractivity contribution in [2.24, 2.45) is 5.92 Å². The Morgan fingerprint density at radius 2 is 2.44 bits per heavy atom. The largest absolute Gasteiger partial charge is 0.508 e. The number of aliphatic hydroxyl groups excluding tert-OH is 1. The van der Waals surface area contributed by atoms with Gasteiger partial charge < -0.3 is 9.84 Å². The maximum atomic E-state index is 9.46. The SMILES string of the molecule is CCC(Cc1cccs1)C1=CC(O)=CCO1. The second kappa shape index (κ2) is 5.21. The zero-order chi connectivity index (χ0) is 11.4. The summed E-state index contributed by atoms with van der Waals surface area (Å²) in [5.74, 6) is 1.61. The third kappa shape index (κ3) is 2.67. The van der Waals surface area contributed by atoms with Gasteiger partial charge >= 0.3 is 0 Å². The van der Waals surface area contributed by atoms with Gasteiger partial charge in [-0.25, -0.2) is 0 Å². The lowest BCUT2D eigenvalue weighted by molar-refractivity contribution is 0.190. The standard InChI is InChI=1S/C13H16O2S/c1-2-10(8-12-4-3-7-16-12)13-9-11(14)5-6-15-13/h3-5,7,9-10,14H,2,6,8H2,1H3. The molecular formula is C13H16O2S. The van der Waals surface area contributed by atoms with Crippen molar-refractivity contribution in [2.75, 3.05) is 6.61 Å². The Hall–Kier alpha value is -1.22. The van der Waals surface area contributed by atoms with Crippen LogP contribution in [0, 0.1) is 5.92 Å². The molecule has 0 amide bonds. The van der Waals surface area contributed by atoms with Gasteiger partial charge in [-0.15, -0.1) is 11.3 Å². The summed E-state index contributed by atoms with van der Waals surface area (Å²) in [5.41, 5.74) is 0. The summed E-state index contributed by atoms with van der Waals surface area (Å²) in [6.45, 7) is 2.64. The highest BCUT2D eigenvalue weighted by Crippen LogP contribution is 2.26. The third-order valence-corrected chi connectivity index (χ3v) is 3.65. The maximum Gasteiger partial charge on any atom is 0.118 e. The van der Waals surface area contributed by atoms with Gasteiger partial charge in [0, 0.05) is 16.9 Å². The van der Waals surface area contributed by atoms with Crippen LogP contribution >= 0.6 is 11.3 Å². The molecule has 2 rings (SSSR count). The van der Waals surface area contributed by atoms with Crippen molar-refractivity contribution in [1.29, 1.82) is 0 Å². The molecule has 0 aliphatic carbocycles. The first-order valence-electron chi connectivity index (χ1n) is 5.55. The van der Waals surface area contributed by atoms with E-state index < -0.39 is 0 Å². The fourth-order valence-electron chi connectivity index (χ4n) is 1.82. The fourth-order valence-corrected chi connectivity index (χ4v) is 2.61. The average molecular weight is 236 g/mol. The number of hydrogen-bond donors (Lipinski definition) is 1. The Morgan fingerprint density at radius 1 is 1.56 bits per heavy atom. The van der Waals surface area contributed by atoms with Crippen molar-refractivity contribution >= 4 is 11.3 Å². The van der Waals surface area contributed by atoms with Gasteiger partial charge in [-0.3, -0.25) is 0 Å². The molecule has 86 valence electrons. The molecule has 0 spiro atoms. The molecule has 1 aromatic rings. The van der Waals surface area contributed by atoms with Crippen LogP contribution in [0.1, 0.15) is 18.2 Å². The lowest BCUT2D eigenvalue weighted by Crippen LogP contribution is -2.12. The van der Waals surface area contributed by atoms with Gasteiger partial charge in [0.1, 0.15) is 18.1 Å². The van der Waals surface area contributed by atoms with E-state index in [0.29, 0.717) is 18.3 Å². The van der Waals surface area contributed by atoms with Gasteiger partial charge in [-0.2, -0.15) is 0 Å². The molecule has 1 atom stereocenters. The Labute approximate surface area is 99.9 Å². The Kier molecular flexibility index (Phi) is 3.67. The van der Waals surface area contributed by atoms with E-state index in [4.69, 9.17) is 4.74 Å². The molecule has 2 nitrogen and oxygen atoms in total. The number of rotatable bonds is 4. The molecule has 0 fully saturated rings. The quantitative estimate of drug-likeness (QED) is 0.864. The van der Waals surface area contributed by atoms with Crippen LogP contribution in [0.2, 0.25) is 0 Å². The summed E-state index contributed by atoms with van der Waals surface area (Å²) in [4.78, 5) is 1.37. The minimum atomic E-state index is 0.325. The summed E-state index contributed by atoms with van der Waals surface area (Å²) < 4.78 is 5.58. The zero-order valence-corrected chi connectivity index (χ0v) is 10.2. The first kappa shape index (κ1) is 11.3. The van der Waals surface area contributed by atoms with Gasteiger partial charge in [0.15, 0.2) is 0 Å². The van der Waals surface area contributed by atoms with Gasteiger partial charge in [0.25, 0.3) is 0 Å². The monoisotopic (exact) mass is 236 g/mol. The summed E-state index contributed by atoms with van der Waals surface area (Å²) in [6.07, 6.45) is 5.44. The lowest BCUT2D eigenvalue weighted by Gasteiger charge is -2.21. The molecule has 0 saturated carbocycles. The third-order valence-electron chi connectivity index (χ3n) is 2.76. The first-order chi connectivity index (χ1) is 7.79. The highest BCUT2D eigenvalue weighted by Gasteiger charge is 2.17. The predicted octanol–water partition coefficient (Wildman–Crippen LogP) is 3.67. The van der Waals surface area contributed by atoms with Crippen LogP contribution in [-0.4, -0.2) is 11.7 Å². The molecule has 0 saturated heterocycles. The topological polar surface area (TPSA) is 29.5 Å². The minimum Gasteiger partial charge on any atom is -0.508 e. The maximum absolute atomic E-state index is 9.46. The molecule has 2 heterocycles.